The van der Waals surface area contributed by atoms with Crippen LogP contribution in [0, 0.1) is 20.8 Å². The second-order valence-electron chi connectivity index (χ2n) is 5.20. The number of hydrogen-bond acceptors (Lipinski definition) is 1. The van der Waals surface area contributed by atoms with Gasteiger partial charge >= 0.3 is 0 Å². The minimum atomic E-state index is 1.06. The molecule has 0 radical (unpaired) electrons. The molecular formula is C16H26BrN. The second-order valence-corrected chi connectivity index (χ2v) is 5.99. The van der Waals surface area contributed by atoms with Crippen LogP contribution in [-0.4, -0.2) is 23.3 Å². The van der Waals surface area contributed by atoms with Crippen molar-refractivity contribution in [2.24, 2.45) is 0 Å². The van der Waals surface area contributed by atoms with Crippen LogP contribution in [0.2, 0.25) is 0 Å². The first-order chi connectivity index (χ1) is 8.58. The number of alkyl halides is 1. The lowest BCUT2D eigenvalue weighted by Gasteiger charge is -2.23. The van der Waals surface area contributed by atoms with E-state index < -0.39 is 0 Å². The lowest BCUT2D eigenvalue weighted by molar-refractivity contribution is 0.277. The van der Waals surface area contributed by atoms with Crippen LogP contribution in [0.15, 0.2) is 12.1 Å². The molecule has 1 rings (SSSR count). The Hall–Kier alpha value is -0.340. The fourth-order valence-corrected chi connectivity index (χ4v) is 2.96. The van der Waals surface area contributed by atoms with Crippen molar-refractivity contribution in [1.82, 2.24) is 4.90 Å². The molecule has 0 saturated carbocycles. The van der Waals surface area contributed by atoms with Crippen LogP contribution in [0.1, 0.15) is 42.0 Å². The first kappa shape index (κ1) is 15.7. The summed E-state index contributed by atoms with van der Waals surface area (Å²) in [5.41, 5.74) is 5.75. The number of halogens is 1. The smallest absolute Gasteiger partial charge is 0.0239 e. The maximum Gasteiger partial charge on any atom is 0.0239 e. The van der Waals surface area contributed by atoms with E-state index in [1.165, 1.54) is 41.6 Å². The fourth-order valence-electron chi connectivity index (χ4n) is 2.45. The van der Waals surface area contributed by atoms with Gasteiger partial charge in [0.15, 0.2) is 0 Å². The molecule has 0 unspecified atom stereocenters. The molecule has 2 heteroatoms. The number of unbranched alkanes of at least 4 members (excludes halogenated alkanes) is 1. The van der Waals surface area contributed by atoms with Crippen molar-refractivity contribution in [3.05, 3.63) is 34.4 Å². The van der Waals surface area contributed by atoms with Gasteiger partial charge in [-0.1, -0.05) is 47.0 Å². The first-order valence-electron chi connectivity index (χ1n) is 6.93. The summed E-state index contributed by atoms with van der Waals surface area (Å²) in [6.07, 6.45) is 2.56. The van der Waals surface area contributed by atoms with Crippen LogP contribution in [0.5, 0.6) is 0 Å². The predicted molar refractivity (Wildman–Crippen MR) is 84.6 cm³/mol. The number of rotatable bonds is 7. The molecule has 0 fully saturated rings. The minimum absolute atomic E-state index is 1.06. The summed E-state index contributed by atoms with van der Waals surface area (Å²) in [7, 11) is 0. The normalized spacial score (nSPS) is 11.2. The van der Waals surface area contributed by atoms with Crippen molar-refractivity contribution in [3.63, 3.8) is 0 Å². The molecule has 0 aromatic heterocycles. The van der Waals surface area contributed by atoms with E-state index in [0.717, 1.165) is 18.4 Å². The van der Waals surface area contributed by atoms with Gasteiger partial charge in [0, 0.05) is 18.4 Å². The number of aryl methyl sites for hydroxylation is 3. The van der Waals surface area contributed by atoms with E-state index in [4.69, 9.17) is 0 Å². The van der Waals surface area contributed by atoms with Crippen LogP contribution in [0.25, 0.3) is 0 Å². The SMILES string of the molecule is CCCCN(CCBr)Cc1c(C)cc(C)cc1C. The zero-order valence-corrected chi connectivity index (χ0v) is 13.8. The molecule has 0 aliphatic carbocycles. The van der Waals surface area contributed by atoms with Gasteiger partial charge in [-0.25, -0.2) is 0 Å². The van der Waals surface area contributed by atoms with E-state index in [1.54, 1.807) is 0 Å². The quantitative estimate of drug-likeness (QED) is 0.665. The number of nitrogens with zero attached hydrogens (tertiary/aromatic N) is 1. The highest BCUT2D eigenvalue weighted by Gasteiger charge is 2.09. The molecule has 0 bridgehead atoms. The van der Waals surface area contributed by atoms with Crippen molar-refractivity contribution < 1.29 is 0 Å². The van der Waals surface area contributed by atoms with Gasteiger partial charge in [-0.15, -0.1) is 0 Å². The van der Waals surface area contributed by atoms with E-state index in [9.17, 15) is 0 Å². The Kier molecular flexibility index (Phi) is 6.95. The van der Waals surface area contributed by atoms with Gasteiger partial charge in [0.05, 0.1) is 0 Å². The van der Waals surface area contributed by atoms with Crippen LogP contribution >= 0.6 is 15.9 Å². The first-order valence-corrected chi connectivity index (χ1v) is 8.05. The van der Waals surface area contributed by atoms with Crippen LogP contribution in [-0.2, 0) is 6.54 Å². The molecule has 18 heavy (non-hydrogen) atoms. The Bertz CT molecular complexity index is 350. The van der Waals surface area contributed by atoms with E-state index in [-0.39, 0.29) is 0 Å². The lowest BCUT2D eigenvalue weighted by atomic mass is 9.99. The van der Waals surface area contributed by atoms with Crippen molar-refractivity contribution in [3.8, 4) is 0 Å². The molecule has 0 saturated heterocycles. The highest BCUT2D eigenvalue weighted by atomic mass is 79.9. The number of benzene rings is 1. The third-order valence-electron chi connectivity index (χ3n) is 3.45. The maximum absolute atomic E-state index is 3.56. The molecule has 0 aliphatic rings. The molecule has 0 spiro atoms. The third-order valence-corrected chi connectivity index (χ3v) is 3.81. The summed E-state index contributed by atoms with van der Waals surface area (Å²) in [5, 5.41) is 1.06. The van der Waals surface area contributed by atoms with Gasteiger partial charge in [-0.2, -0.15) is 0 Å². The average molecular weight is 312 g/mol. The van der Waals surface area contributed by atoms with Gasteiger partial charge in [0.1, 0.15) is 0 Å². The van der Waals surface area contributed by atoms with Crippen molar-refractivity contribution in [2.45, 2.75) is 47.1 Å². The molecule has 0 atom stereocenters. The molecule has 1 aromatic carbocycles. The molecule has 0 heterocycles. The van der Waals surface area contributed by atoms with Crippen LogP contribution < -0.4 is 0 Å². The fraction of sp³-hybridized carbons (Fsp3) is 0.625. The minimum Gasteiger partial charge on any atom is -0.298 e. The van der Waals surface area contributed by atoms with E-state index in [0.29, 0.717) is 0 Å². The standard InChI is InChI=1S/C16H26BrN/c1-5-6-8-18(9-7-17)12-16-14(3)10-13(2)11-15(16)4/h10-11H,5-9,12H2,1-4H3. The molecule has 1 nitrogen and oxygen atoms in total. The third kappa shape index (κ3) is 4.74. The van der Waals surface area contributed by atoms with Gasteiger partial charge in [-0.05, 0) is 50.4 Å². The van der Waals surface area contributed by atoms with Crippen molar-refractivity contribution >= 4 is 15.9 Å². The number of hydrogen-bond donors (Lipinski definition) is 0. The van der Waals surface area contributed by atoms with E-state index in [2.05, 4.69) is 60.7 Å². The summed E-state index contributed by atoms with van der Waals surface area (Å²) >= 11 is 3.56. The highest BCUT2D eigenvalue weighted by molar-refractivity contribution is 9.09. The maximum atomic E-state index is 3.56. The molecular weight excluding hydrogens is 286 g/mol. The van der Waals surface area contributed by atoms with Crippen LogP contribution in [0.3, 0.4) is 0 Å². The topological polar surface area (TPSA) is 3.24 Å². The second kappa shape index (κ2) is 7.96. The van der Waals surface area contributed by atoms with Crippen molar-refractivity contribution in [1.29, 1.82) is 0 Å². The molecule has 0 amide bonds. The molecule has 1 aromatic rings. The lowest BCUT2D eigenvalue weighted by Crippen LogP contribution is -2.27. The summed E-state index contributed by atoms with van der Waals surface area (Å²) < 4.78 is 0. The molecule has 102 valence electrons. The van der Waals surface area contributed by atoms with Gasteiger partial charge < -0.3 is 0 Å². The molecule has 0 aliphatic heterocycles. The Morgan fingerprint density at radius 1 is 1.06 bits per heavy atom. The zero-order chi connectivity index (χ0) is 13.5. The Labute approximate surface area is 121 Å². The van der Waals surface area contributed by atoms with Gasteiger partial charge in [0.2, 0.25) is 0 Å². The average Bonchev–Trinajstić information content (AvgIpc) is 2.30. The monoisotopic (exact) mass is 311 g/mol. The highest BCUT2D eigenvalue weighted by Crippen LogP contribution is 2.18. The predicted octanol–water partition coefficient (Wildman–Crippen LogP) is 4.61. The Morgan fingerprint density at radius 2 is 1.67 bits per heavy atom. The summed E-state index contributed by atoms with van der Waals surface area (Å²) in [6, 6.07) is 4.60. The van der Waals surface area contributed by atoms with Gasteiger partial charge in [0.25, 0.3) is 0 Å². The Balaban J connectivity index is 2.79. The summed E-state index contributed by atoms with van der Waals surface area (Å²) in [4.78, 5) is 2.56. The van der Waals surface area contributed by atoms with Crippen LogP contribution in [0.4, 0.5) is 0 Å². The largest absolute Gasteiger partial charge is 0.298 e. The van der Waals surface area contributed by atoms with Gasteiger partial charge in [-0.3, -0.25) is 4.90 Å². The summed E-state index contributed by atoms with van der Waals surface area (Å²) in [5.74, 6) is 0. The summed E-state index contributed by atoms with van der Waals surface area (Å²) in [6.45, 7) is 12.3. The van der Waals surface area contributed by atoms with Crippen molar-refractivity contribution in [2.75, 3.05) is 18.4 Å². The Morgan fingerprint density at radius 3 is 2.17 bits per heavy atom. The zero-order valence-electron chi connectivity index (χ0n) is 12.2. The van der Waals surface area contributed by atoms with E-state index >= 15 is 0 Å². The molecule has 0 N–H and O–H groups in total. The van der Waals surface area contributed by atoms with E-state index in [1.807, 2.05) is 0 Å².